The van der Waals surface area contributed by atoms with E-state index >= 15 is 0 Å². The zero-order valence-electron chi connectivity index (χ0n) is 13.4. The van der Waals surface area contributed by atoms with Gasteiger partial charge in [-0.2, -0.15) is 5.10 Å². The molecule has 0 radical (unpaired) electrons. The van der Waals surface area contributed by atoms with Gasteiger partial charge in [-0.25, -0.2) is 4.79 Å². The topological polar surface area (TPSA) is 87.3 Å². The van der Waals surface area contributed by atoms with E-state index < -0.39 is 0 Å². The molecule has 1 aliphatic heterocycles. The molecule has 7 nitrogen and oxygen atoms in total. The van der Waals surface area contributed by atoms with E-state index in [1.54, 1.807) is 29.4 Å². The number of amides is 2. The first-order valence-electron chi connectivity index (χ1n) is 7.99. The van der Waals surface area contributed by atoms with Crippen LogP contribution in [0.25, 0.3) is 10.6 Å². The van der Waals surface area contributed by atoms with Gasteiger partial charge in [0.1, 0.15) is 0 Å². The second-order valence-corrected chi connectivity index (χ2v) is 6.52. The summed E-state index contributed by atoms with van der Waals surface area (Å²) in [6, 6.07) is 3.94. The maximum absolute atomic E-state index is 12.5. The first kappa shape index (κ1) is 16.5. The lowest BCUT2D eigenvalue weighted by molar-refractivity contribution is 0.0860. The zero-order chi connectivity index (χ0) is 16.9. The van der Waals surface area contributed by atoms with Gasteiger partial charge in [0.05, 0.1) is 28.9 Å². The highest BCUT2D eigenvalue weighted by atomic mass is 32.1. The van der Waals surface area contributed by atoms with Crippen molar-refractivity contribution in [3.8, 4) is 10.6 Å². The van der Waals surface area contributed by atoms with E-state index in [0.717, 1.165) is 23.4 Å². The predicted molar refractivity (Wildman–Crippen MR) is 91.0 cm³/mol. The molecule has 0 saturated carbocycles. The second-order valence-electron chi connectivity index (χ2n) is 5.57. The Hall–Kier alpha value is -2.35. The molecule has 1 aliphatic rings. The van der Waals surface area contributed by atoms with Crippen LogP contribution in [0.3, 0.4) is 0 Å². The van der Waals surface area contributed by atoms with Gasteiger partial charge >= 0.3 is 6.09 Å². The summed E-state index contributed by atoms with van der Waals surface area (Å²) in [4.78, 5) is 26.9. The summed E-state index contributed by atoms with van der Waals surface area (Å²) in [5.74, 6) is -0.137. The summed E-state index contributed by atoms with van der Waals surface area (Å²) in [6.45, 7) is 3.35. The Kier molecular flexibility index (Phi) is 5.14. The molecule has 0 aliphatic carbocycles. The number of ether oxygens (including phenoxy) is 1. The van der Waals surface area contributed by atoms with Crippen LogP contribution in [0.2, 0.25) is 0 Å². The Morgan fingerprint density at radius 2 is 2.25 bits per heavy atom. The molecule has 0 atom stereocenters. The molecule has 128 valence electrons. The normalized spacial score (nSPS) is 15.3. The third-order valence-electron chi connectivity index (χ3n) is 4.01. The van der Waals surface area contributed by atoms with Crippen molar-refractivity contribution in [1.29, 1.82) is 0 Å². The number of hydrogen-bond donors (Lipinski definition) is 2. The molecular weight excluding hydrogens is 328 g/mol. The summed E-state index contributed by atoms with van der Waals surface area (Å²) in [7, 11) is 0. The van der Waals surface area contributed by atoms with Crippen molar-refractivity contribution in [3.05, 3.63) is 29.3 Å². The molecule has 8 heteroatoms. The highest BCUT2D eigenvalue weighted by molar-refractivity contribution is 7.13. The number of aromatic nitrogens is 2. The Labute approximate surface area is 144 Å². The minimum atomic E-state index is -0.280. The number of nitrogens with zero attached hydrogens (tertiary/aromatic N) is 2. The van der Waals surface area contributed by atoms with Crippen LogP contribution in [0, 0.1) is 0 Å². The van der Waals surface area contributed by atoms with Crippen LogP contribution in [0.1, 0.15) is 30.1 Å². The molecule has 2 amide bonds. The van der Waals surface area contributed by atoms with Crippen molar-refractivity contribution in [2.45, 2.75) is 25.8 Å². The standard InChI is InChI=1S/C16H20N4O3S/c1-2-23-16(22)20-7-5-11(6-8-20)18-15(21)12-10-17-19-14(12)13-4-3-9-24-13/h3-4,9-11H,2,5-8H2,1H3,(H,17,19)(H,18,21). The quantitative estimate of drug-likeness (QED) is 0.889. The average Bonchev–Trinajstić information content (AvgIpc) is 3.26. The molecule has 0 unspecified atom stereocenters. The third-order valence-corrected chi connectivity index (χ3v) is 4.90. The summed E-state index contributed by atoms with van der Waals surface area (Å²) >= 11 is 1.56. The maximum atomic E-state index is 12.5. The average molecular weight is 348 g/mol. The van der Waals surface area contributed by atoms with Crippen molar-refractivity contribution in [2.75, 3.05) is 19.7 Å². The largest absolute Gasteiger partial charge is 0.450 e. The van der Waals surface area contributed by atoms with E-state index in [0.29, 0.717) is 25.3 Å². The van der Waals surface area contributed by atoms with Gasteiger partial charge in [0.15, 0.2) is 0 Å². The molecule has 0 aromatic carbocycles. The molecule has 1 fully saturated rings. The van der Waals surface area contributed by atoms with Crippen molar-refractivity contribution >= 4 is 23.3 Å². The van der Waals surface area contributed by atoms with Crippen LogP contribution >= 0.6 is 11.3 Å². The first-order valence-corrected chi connectivity index (χ1v) is 8.86. The fourth-order valence-electron chi connectivity index (χ4n) is 2.75. The number of likely N-dealkylation sites (tertiary alicyclic amines) is 1. The highest BCUT2D eigenvalue weighted by Crippen LogP contribution is 2.26. The van der Waals surface area contributed by atoms with Gasteiger partial charge in [0.25, 0.3) is 5.91 Å². The predicted octanol–water partition coefficient (Wildman–Crippen LogP) is 2.49. The second kappa shape index (κ2) is 7.48. The van der Waals surface area contributed by atoms with Gasteiger partial charge in [-0.3, -0.25) is 9.89 Å². The summed E-state index contributed by atoms with van der Waals surface area (Å²) in [6.07, 6.45) is 2.71. The number of hydrogen-bond acceptors (Lipinski definition) is 5. The molecule has 24 heavy (non-hydrogen) atoms. The number of piperidine rings is 1. The molecule has 2 aromatic heterocycles. The summed E-state index contributed by atoms with van der Waals surface area (Å²) < 4.78 is 5.00. The van der Waals surface area contributed by atoms with Crippen molar-refractivity contribution in [3.63, 3.8) is 0 Å². The monoisotopic (exact) mass is 348 g/mol. The SMILES string of the molecule is CCOC(=O)N1CCC(NC(=O)c2cn[nH]c2-c2cccs2)CC1. The minimum absolute atomic E-state index is 0.0502. The van der Waals surface area contributed by atoms with Gasteiger partial charge in [0.2, 0.25) is 0 Å². The zero-order valence-corrected chi connectivity index (χ0v) is 14.3. The van der Waals surface area contributed by atoms with Gasteiger partial charge < -0.3 is 15.0 Å². The van der Waals surface area contributed by atoms with Crippen molar-refractivity contribution in [2.24, 2.45) is 0 Å². The number of aromatic amines is 1. The Morgan fingerprint density at radius 1 is 1.46 bits per heavy atom. The fourth-order valence-corrected chi connectivity index (χ4v) is 3.49. The Morgan fingerprint density at radius 3 is 2.92 bits per heavy atom. The fraction of sp³-hybridized carbons (Fsp3) is 0.438. The van der Waals surface area contributed by atoms with Gasteiger partial charge in [-0.1, -0.05) is 6.07 Å². The van der Waals surface area contributed by atoms with E-state index in [2.05, 4.69) is 15.5 Å². The molecule has 2 aromatic rings. The Balaban J connectivity index is 1.57. The number of carbonyl (C=O) groups is 2. The lowest BCUT2D eigenvalue weighted by Crippen LogP contribution is -2.46. The molecular formula is C16H20N4O3S. The van der Waals surface area contributed by atoms with Gasteiger partial charge in [-0.15, -0.1) is 11.3 Å². The summed E-state index contributed by atoms with van der Waals surface area (Å²) in [5.41, 5.74) is 1.29. The summed E-state index contributed by atoms with van der Waals surface area (Å²) in [5, 5.41) is 11.9. The molecule has 1 saturated heterocycles. The Bertz CT molecular complexity index is 690. The van der Waals surface area contributed by atoms with Crippen LogP contribution in [-0.4, -0.2) is 52.8 Å². The molecule has 0 spiro atoms. The number of thiophene rings is 1. The minimum Gasteiger partial charge on any atom is -0.450 e. The van der Waals surface area contributed by atoms with E-state index in [1.165, 1.54) is 0 Å². The van der Waals surface area contributed by atoms with Gasteiger partial charge in [0, 0.05) is 19.1 Å². The van der Waals surface area contributed by atoms with Crippen LogP contribution in [0.15, 0.2) is 23.7 Å². The number of carbonyl (C=O) groups excluding carboxylic acids is 2. The maximum Gasteiger partial charge on any atom is 0.409 e. The molecule has 0 bridgehead atoms. The third kappa shape index (κ3) is 3.59. The van der Waals surface area contributed by atoms with Crippen LogP contribution in [-0.2, 0) is 4.74 Å². The van der Waals surface area contributed by atoms with Crippen LogP contribution in [0.4, 0.5) is 4.79 Å². The number of nitrogens with one attached hydrogen (secondary N) is 2. The van der Waals surface area contributed by atoms with E-state index in [4.69, 9.17) is 4.74 Å². The van der Waals surface area contributed by atoms with Gasteiger partial charge in [-0.05, 0) is 31.2 Å². The van der Waals surface area contributed by atoms with E-state index in [1.807, 2.05) is 17.5 Å². The number of rotatable bonds is 4. The lowest BCUT2D eigenvalue weighted by Gasteiger charge is -2.31. The van der Waals surface area contributed by atoms with E-state index in [-0.39, 0.29) is 18.0 Å². The molecule has 3 rings (SSSR count). The van der Waals surface area contributed by atoms with Crippen LogP contribution < -0.4 is 5.32 Å². The first-order chi connectivity index (χ1) is 11.7. The van der Waals surface area contributed by atoms with Crippen LogP contribution in [0.5, 0.6) is 0 Å². The highest BCUT2D eigenvalue weighted by Gasteiger charge is 2.26. The lowest BCUT2D eigenvalue weighted by atomic mass is 10.0. The van der Waals surface area contributed by atoms with Crippen molar-refractivity contribution in [1.82, 2.24) is 20.4 Å². The molecule has 2 N–H and O–H groups in total. The van der Waals surface area contributed by atoms with E-state index in [9.17, 15) is 9.59 Å². The molecule has 3 heterocycles. The number of H-pyrrole nitrogens is 1. The smallest absolute Gasteiger partial charge is 0.409 e. The van der Waals surface area contributed by atoms with Crippen molar-refractivity contribution < 1.29 is 14.3 Å².